The van der Waals surface area contributed by atoms with E-state index in [1.807, 2.05) is 25.1 Å². The molecule has 0 aliphatic carbocycles. The number of aryl methyl sites for hydroxylation is 1. The van der Waals surface area contributed by atoms with E-state index >= 15 is 0 Å². The van der Waals surface area contributed by atoms with E-state index in [1.54, 1.807) is 6.20 Å². The zero-order valence-electron chi connectivity index (χ0n) is 6.99. The van der Waals surface area contributed by atoms with E-state index in [1.165, 1.54) is 0 Å². The molecule has 0 aliphatic rings. The van der Waals surface area contributed by atoms with Crippen LogP contribution in [0.3, 0.4) is 0 Å². The van der Waals surface area contributed by atoms with E-state index in [4.69, 9.17) is 11.0 Å². The molecule has 0 aromatic carbocycles. The first-order valence-corrected chi connectivity index (χ1v) is 3.79. The van der Waals surface area contributed by atoms with Crippen molar-refractivity contribution < 1.29 is 0 Å². The van der Waals surface area contributed by atoms with E-state index in [2.05, 4.69) is 4.98 Å². The van der Waals surface area contributed by atoms with Gasteiger partial charge in [-0.25, -0.2) is 0 Å². The number of nitriles is 1. The highest BCUT2D eigenvalue weighted by Crippen LogP contribution is 2.10. The first-order chi connectivity index (χ1) is 5.74. The van der Waals surface area contributed by atoms with Crippen LogP contribution in [0.2, 0.25) is 0 Å². The molecule has 1 aromatic rings. The van der Waals surface area contributed by atoms with Crippen molar-refractivity contribution in [2.24, 2.45) is 5.73 Å². The molecule has 0 amide bonds. The lowest BCUT2D eigenvalue weighted by Crippen LogP contribution is -2.10. The molecule has 12 heavy (non-hydrogen) atoms. The topological polar surface area (TPSA) is 62.7 Å². The van der Waals surface area contributed by atoms with Gasteiger partial charge in [0.25, 0.3) is 0 Å². The molecule has 2 N–H and O–H groups in total. The number of aromatic nitrogens is 1. The standard InChI is InChI=1S/C9H11N3/c1-7-2-3-9(12-6-7)8(11)4-5-10/h2-3,6,8H,4,11H2,1H3/t8-/m1/s1. The van der Waals surface area contributed by atoms with E-state index < -0.39 is 0 Å². The van der Waals surface area contributed by atoms with Crippen LogP contribution in [0.4, 0.5) is 0 Å². The number of hydrogen-bond acceptors (Lipinski definition) is 3. The lowest BCUT2D eigenvalue weighted by molar-refractivity contribution is 0.719. The molecule has 0 saturated heterocycles. The number of rotatable bonds is 2. The van der Waals surface area contributed by atoms with Crippen molar-refractivity contribution in [3.63, 3.8) is 0 Å². The van der Waals surface area contributed by atoms with Crippen LogP contribution in [0, 0.1) is 18.3 Å². The predicted molar refractivity (Wildman–Crippen MR) is 46.1 cm³/mol. The highest BCUT2D eigenvalue weighted by molar-refractivity contribution is 5.15. The van der Waals surface area contributed by atoms with E-state index in [-0.39, 0.29) is 6.04 Å². The molecular formula is C9H11N3. The molecule has 0 aliphatic heterocycles. The maximum Gasteiger partial charge on any atom is 0.0642 e. The van der Waals surface area contributed by atoms with Gasteiger partial charge in [0.2, 0.25) is 0 Å². The Labute approximate surface area is 71.8 Å². The van der Waals surface area contributed by atoms with Crippen molar-refractivity contribution in [2.45, 2.75) is 19.4 Å². The Morgan fingerprint density at radius 3 is 2.92 bits per heavy atom. The highest BCUT2D eigenvalue weighted by atomic mass is 14.8. The molecule has 3 heteroatoms. The average molecular weight is 161 g/mol. The fraction of sp³-hybridized carbons (Fsp3) is 0.333. The fourth-order valence-electron chi connectivity index (χ4n) is 0.901. The van der Waals surface area contributed by atoms with E-state index in [0.29, 0.717) is 6.42 Å². The molecule has 1 aromatic heterocycles. The predicted octanol–water partition coefficient (Wildman–Crippen LogP) is 1.30. The van der Waals surface area contributed by atoms with Gasteiger partial charge in [0.1, 0.15) is 0 Å². The Hall–Kier alpha value is -1.40. The highest BCUT2D eigenvalue weighted by Gasteiger charge is 2.04. The summed E-state index contributed by atoms with van der Waals surface area (Å²) in [6.45, 7) is 1.96. The molecular weight excluding hydrogens is 150 g/mol. The third kappa shape index (κ3) is 2.04. The molecule has 1 rings (SSSR count). The minimum absolute atomic E-state index is 0.254. The van der Waals surface area contributed by atoms with Crippen molar-refractivity contribution in [2.75, 3.05) is 0 Å². The lowest BCUT2D eigenvalue weighted by Gasteiger charge is -2.05. The Morgan fingerprint density at radius 2 is 2.42 bits per heavy atom. The van der Waals surface area contributed by atoms with Crippen molar-refractivity contribution in [1.29, 1.82) is 5.26 Å². The number of pyridine rings is 1. The first kappa shape index (κ1) is 8.69. The van der Waals surface area contributed by atoms with Crippen LogP contribution in [0.5, 0.6) is 0 Å². The SMILES string of the molecule is Cc1ccc([C@H](N)CC#N)nc1. The van der Waals surface area contributed by atoms with Crippen LogP contribution in [-0.2, 0) is 0 Å². The summed E-state index contributed by atoms with van der Waals surface area (Å²) < 4.78 is 0. The first-order valence-electron chi connectivity index (χ1n) is 3.79. The summed E-state index contributed by atoms with van der Waals surface area (Å²) in [4.78, 5) is 4.12. The van der Waals surface area contributed by atoms with Crippen LogP contribution >= 0.6 is 0 Å². The van der Waals surface area contributed by atoms with Crippen LogP contribution in [0.1, 0.15) is 23.7 Å². The fourth-order valence-corrected chi connectivity index (χ4v) is 0.901. The van der Waals surface area contributed by atoms with Gasteiger partial charge in [0.15, 0.2) is 0 Å². The van der Waals surface area contributed by atoms with Gasteiger partial charge in [-0.3, -0.25) is 4.98 Å². The van der Waals surface area contributed by atoms with Gasteiger partial charge in [-0.2, -0.15) is 5.26 Å². The van der Waals surface area contributed by atoms with Gasteiger partial charge >= 0.3 is 0 Å². The molecule has 0 saturated carbocycles. The van der Waals surface area contributed by atoms with Crippen molar-refractivity contribution in [3.05, 3.63) is 29.6 Å². The van der Waals surface area contributed by atoms with E-state index in [0.717, 1.165) is 11.3 Å². The molecule has 1 heterocycles. The molecule has 0 unspecified atom stereocenters. The van der Waals surface area contributed by atoms with Gasteiger partial charge in [-0.15, -0.1) is 0 Å². The van der Waals surface area contributed by atoms with Crippen molar-refractivity contribution in [3.8, 4) is 6.07 Å². The van der Waals surface area contributed by atoms with Gasteiger partial charge < -0.3 is 5.73 Å². The van der Waals surface area contributed by atoms with Crippen LogP contribution in [-0.4, -0.2) is 4.98 Å². The van der Waals surface area contributed by atoms with Crippen LogP contribution in [0.25, 0.3) is 0 Å². The quantitative estimate of drug-likeness (QED) is 0.711. The summed E-state index contributed by atoms with van der Waals surface area (Å²) in [5.41, 5.74) is 7.55. The van der Waals surface area contributed by atoms with Gasteiger partial charge in [-0.1, -0.05) is 6.07 Å². The van der Waals surface area contributed by atoms with Gasteiger partial charge in [0.05, 0.1) is 24.2 Å². The summed E-state index contributed by atoms with van der Waals surface area (Å²) in [7, 11) is 0. The molecule has 0 radical (unpaired) electrons. The summed E-state index contributed by atoms with van der Waals surface area (Å²) in [5.74, 6) is 0. The Morgan fingerprint density at radius 1 is 1.67 bits per heavy atom. The Balaban J connectivity index is 2.76. The summed E-state index contributed by atoms with van der Waals surface area (Å²) in [6.07, 6.45) is 2.07. The van der Waals surface area contributed by atoms with Gasteiger partial charge in [-0.05, 0) is 18.6 Å². The zero-order chi connectivity index (χ0) is 8.97. The second-order valence-corrected chi connectivity index (χ2v) is 2.73. The number of nitrogens with two attached hydrogens (primary N) is 1. The maximum absolute atomic E-state index is 8.39. The minimum Gasteiger partial charge on any atom is -0.322 e. The lowest BCUT2D eigenvalue weighted by atomic mass is 10.1. The van der Waals surface area contributed by atoms with Crippen molar-refractivity contribution >= 4 is 0 Å². The minimum atomic E-state index is -0.254. The number of nitrogens with zero attached hydrogens (tertiary/aromatic N) is 2. The Bertz CT molecular complexity index is 284. The summed E-state index contributed by atoms with van der Waals surface area (Å²) in [6, 6.07) is 5.56. The zero-order valence-corrected chi connectivity index (χ0v) is 6.99. The summed E-state index contributed by atoms with van der Waals surface area (Å²) >= 11 is 0. The second-order valence-electron chi connectivity index (χ2n) is 2.73. The molecule has 0 fully saturated rings. The third-order valence-corrected chi connectivity index (χ3v) is 1.63. The molecule has 0 bridgehead atoms. The van der Waals surface area contributed by atoms with Crippen molar-refractivity contribution in [1.82, 2.24) is 4.98 Å². The van der Waals surface area contributed by atoms with E-state index in [9.17, 15) is 0 Å². The third-order valence-electron chi connectivity index (χ3n) is 1.63. The normalized spacial score (nSPS) is 12.1. The maximum atomic E-state index is 8.39. The second kappa shape index (κ2) is 3.84. The summed E-state index contributed by atoms with van der Waals surface area (Å²) in [5, 5.41) is 8.39. The largest absolute Gasteiger partial charge is 0.322 e. The molecule has 62 valence electrons. The molecule has 0 spiro atoms. The molecule has 3 nitrogen and oxygen atoms in total. The molecule has 1 atom stereocenters. The van der Waals surface area contributed by atoms with Gasteiger partial charge in [0, 0.05) is 6.20 Å². The monoisotopic (exact) mass is 161 g/mol. The average Bonchev–Trinajstić information content (AvgIpc) is 2.06. The number of hydrogen-bond donors (Lipinski definition) is 1. The smallest absolute Gasteiger partial charge is 0.0642 e. The Kier molecular flexibility index (Phi) is 2.78. The van der Waals surface area contributed by atoms with Crippen LogP contribution in [0.15, 0.2) is 18.3 Å². The van der Waals surface area contributed by atoms with Crippen LogP contribution < -0.4 is 5.73 Å².